The predicted molar refractivity (Wildman–Crippen MR) is 48.5 cm³/mol. The number of carboxylic acids is 1. The van der Waals surface area contributed by atoms with Gasteiger partial charge < -0.3 is 14.4 Å². The summed E-state index contributed by atoms with van der Waals surface area (Å²) in [7, 11) is 0. The Morgan fingerprint density at radius 3 is 3.07 bits per heavy atom. The molecule has 1 N–H and O–H groups in total. The Morgan fingerprint density at radius 2 is 2.47 bits per heavy atom. The van der Waals surface area contributed by atoms with Crippen molar-refractivity contribution in [2.24, 2.45) is 5.92 Å². The SMILES string of the molecule is O=C(O)c1noc(CC2CCCOC2)n1. The Morgan fingerprint density at radius 1 is 1.60 bits per heavy atom. The predicted octanol–water partition coefficient (Wildman–Crippen LogP) is 0.737. The Kier molecular flexibility index (Phi) is 2.96. The van der Waals surface area contributed by atoms with Gasteiger partial charge in [-0.1, -0.05) is 0 Å². The van der Waals surface area contributed by atoms with Gasteiger partial charge in [-0.3, -0.25) is 0 Å². The molecule has 2 rings (SSSR count). The molecular formula is C9H12N2O4. The highest BCUT2D eigenvalue weighted by Crippen LogP contribution is 2.17. The smallest absolute Gasteiger partial charge is 0.377 e. The zero-order valence-corrected chi connectivity index (χ0v) is 8.18. The van der Waals surface area contributed by atoms with Crippen molar-refractivity contribution < 1.29 is 19.2 Å². The van der Waals surface area contributed by atoms with Crippen LogP contribution in [0.3, 0.4) is 0 Å². The maximum Gasteiger partial charge on any atom is 0.377 e. The third-order valence-electron chi connectivity index (χ3n) is 2.38. The molecule has 0 radical (unpaired) electrons. The average Bonchev–Trinajstić information content (AvgIpc) is 2.68. The number of carbonyl (C=O) groups is 1. The molecule has 0 spiro atoms. The second-order valence-corrected chi connectivity index (χ2v) is 3.60. The minimum atomic E-state index is -1.16. The van der Waals surface area contributed by atoms with Crippen LogP contribution < -0.4 is 0 Å². The second kappa shape index (κ2) is 4.39. The van der Waals surface area contributed by atoms with Crippen LogP contribution in [0.2, 0.25) is 0 Å². The van der Waals surface area contributed by atoms with E-state index >= 15 is 0 Å². The van der Waals surface area contributed by atoms with Gasteiger partial charge in [-0.05, 0) is 23.9 Å². The molecule has 1 fully saturated rings. The zero-order chi connectivity index (χ0) is 10.7. The van der Waals surface area contributed by atoms with Crippen LogP contribution in [0.1, 0.15) is 29.4 Å². The van der Waals surface area contributed by atoms with E-state index in [4.69, 9.17) is 14.4 Å². The Balaban J connectivity index is 1.94. The molecule has 1 saturated heterocycles. The van der Waals surface area contributed by atoms with Crippen molar-refractivity contribution in [3.63, 3.8) is 0 Å². The molecule has 6 heteroatoms. The molecule has 1 aliphatic heterocycles. The second-order valence-electron chi connectivity index (χ2n) is 3.60. The maximum absolute atomic E-state index is 10.5. The molecule has 0 bridgehead atoms. The Bertz CT molecular complexity index is 344. The highest BCUT2D eigenvalue weighted by Gasteiger charge is 2.19. The van der Waals surface area contributed by atoms with Crippen molar-refractivity contribution in [3.05, 3.63) is 11.7 Å². The van der Waals surface area contributed by atoms with Crippen LogP contribution in [0.15, 0.2) is 4.52 Å². The summed E-state index contributed by atoms with van der Waals surface area (Å²) in [5, 5.41) is 11.9. The number of ether oxygens (including phenoxy) is 1. The number of rotatable bonds is 3. The summed E-state index contributed by atoms with van der Waals surface area (Å²) in [6.07, 6.45) is 2.69. The number of nitrogens with zero attached hydrogens (tertiary/aromatic N) is 2. The zero-order valence-electron chi connectivity index (χ0n) is 8.18. The minimum absolute atomic E-state index is 0.276. The molecule has 6 nitrogen and oxygen atoms in total. The molecule has 0 aliphatic carbocycles. The Hall–Kier alpha value is -1.43. The fraction of sp³-hybridized carbons (Fsp3) is 0.667. The molecule has 82 valence electrons. The highest BCUT2D eigenvalue weighted by molar-refractivity contribution is 5.82. The summed E-state index contributed by atoms with van der Waals surface area (Å²) in [6.45, 7) is 1.49. The van der Waals surface area contributed by atoms with Gasteiger partial charge in [-0.25, -0.2) is 4.79 Å². The molecule has 1 unspecified atom stereocenters. The maximum atomic E-state index is 10.5. The highest BCUT2D eigenvalue weighted by atomic mass is 16.5. The molecular weight excluding hydrogens is 200 g/mol. The quantitative estimate of drug-likeness (QED) is 0.795. The van der Waals surface area contributed by atoms with Gasteiger partial charge in [0.2, 0.25) is 5.89 Å². The van der Waals surface area contributed by atoms with Gasteiger partial charge in [-0.2, -0.15) is 4.98 Å². The topological polar surface area (TPSA) is 85.5 Å². The lowest BCUT2D eigenvalue weighted by Crippen LogP contribution is -2.19. The lowest BCUT2D eigenvalue weighted by Gasteiger charge is -2.19. The van der Waals surface area contributed by atoms with Gasteiger partial charge in [0.1, 0.15) is 0 Å². The first-order valence-electron chi connectivity index (χ1n) is 4.89. The van der Waals surface area contributed by atoms with E-state index in [0.29, 0.717) is 24.8 Å². The fourth-order valence-electron chi connectivity index (χ4n) is 1.64. The van der Waals surface area contributed by atoms with Crippen molar-refractivity contribution >= 4 is 5.97 Å². The fourth-order valence-corrected chi connectivity index (χ4v) is 1.64. The normalized spacial score (nSPS) is 21.5. The van der Waals surface area contributed by atoms with E-state index in [1.54, 1.807) is 0 Å². The Labute approximate surface area is 86.2 Å². The molecule has 0 aromatic carbocycles. The van der Waals surface area contributed by atoms with Crippen molar-refractivity contribution in [2.75, 3.05) is 13.2 Å². The number of hydrogen-bond donors (Lipinski definition) is 1. The van der Waals surface area contributed by atoms with Gasteiger partial charge in [0.15, 0.2) is 0 Å². The van der Waals surface area contributed by atoms with Crippen LogP contribution in [0.25, 0.3) is 0 Å². The van der Waals surface area contributed by atoms with E-state index in [1.807, 2.05) is 0 Å². The van der Waals surface area contributed by atoms with E-state index in [-0.39, 0.29) is 5.82 Å². The molecule has 15 heavy (non-hydrogen) atoms. The summed E-state index contributed by atoms with van der Waals surface area (Å²) in [4.78, 5) is 14.3. The average molecular weight is 212 g/mol. The summed E-state index contributed by atoms with van der Waals surface area (Å²) < 4.78 is 10.1. The van der Waals surface area contributed by atoms with Gasteiger partial charge in [0.05, 0.1) is 0 Å². The first-order valence-corrected chi connectivity index (χ1v) is 4.89. The van der Waals surface area contributed by atoms with Crippen LogP contribution in [-0.4, -0.2) is 34.4 Å². The molecule has 1 aromatic rings. The monoisotopic (exact) mass is 212 g/mol. The summed E-state index contributed by atoms with van der Waals surface area (Å²) in [5.41, 5.74) is 0. The van der Waals surface area contributed by atoms with E-state index in [1.165, 1.54) is 0 Å². The molecule has 1 atom stereocenters. The van der Waals surface area contributed by atoms with Gasteiger partial charge in [0, 0.05) is 19.6 Å². The van der Waals surface area contributed by atoms with Crippen molar-refractivity contribution in [1.29, 1.82) is 0 Å². The lowest BCUT2D eigenvalue weighted by atomic mass is 9.99. The summed E-state index contributed by atoms with van der Waals surface area (Å²) in [6, 6.07) is 0. The third-order valence-corrected chi connectivity index (χ3v) is 2.38. The molecule has 2 heterocycles. The first kappa shape index (κ1) is 10.1. The van der Waals surface area contributed by atoms with Crippen molar-refractivity contribution in [1.82, 2.24) is 10.1 Å². The van der Waals surface area contributed by atoms with E-state index in [0.717, 1.165) is 19.4 Å². The van der Waals surface area contributed by atoms with Crippen LogP contribution >= 0.6 is 0 Å². The van der Waals surface area contributed by atoms with Gasteiger partial charge >= 0.3 is 5.97 Å². The standard InChI is InChI=1S/C9H12N2O4/c12-9(13)8-10-7(15-11-8)4-6-2-1-3-14-5-6/h6H,1-5H2,(H,12,13). The first-order chi connectivity index (χ1) is 7.25. The van der Waals surface area contributed by atoms with E-state index in [9.17, 15) is 4.79 Å². The number of carboxylic acid groups (broad SMARTS) is 1. The lowest BCUT2D eigenvalue weighted by molar-refractivity contribution is 0.0520. The molecule has 0 amide bonds. The van der Waals surface area contributed by atoms with Crippen molar-refractivity contribution in [3.8, 4) is 0 Å². The number of hydrogen-bond acceptors (Lipinski definition) is 5. The summed E-state index contributed by atoms with van der Waals surface area (Å²) >= 11 is 0. The van der Waals surface area contributed by atoms with Crippen molar-refractivity contribution in [2.45, 2.75) is 19.3 Å². The van der Waals surface area contributed by atoms with Crippen LogP contribution in [0.4, 0.5) is 0 Å². The van der Waals surface area contributed by atoms with E-state index < -0.39 is 5.97 Å². The van der Waals surface area contributed by atoms with Crippen LogP contribution in [0, 0.1) is 5.92 Å². The van der Waals surface area contributed by atoms with Crippen LogP contribution in [0.5, 0.6) is 0 Å². The minimum Gasteiger partial charge on any atom is -0.475 e. The van der Waals surface area contributed by atoms with Crippen LogP contribution in [-0.2, 0) is 11.2 Å². The largest absolute Gasteiger partial charge is 0.475 e. The summed E-state index contributed by atoms with van der Waals surface area (Å²) in [5.74, 6) is -0.699. The van der Waals surface area contributed by atoms with Gasteiger partial charge in [0.25, 0.3) is 5.82 Å². The van der Waals surface area contributed by atoms with E-state index in [2.05, 4.69) is 10.1 Å². The molecule has 0 saturated carbocycles. The third kappa shape index (κ3) is 2.53. The number of aromatic carboxylic acids is 1. The molecule has 1 aliphatic rings. The number of aromatic nitrogens is 2. The molecule has 1 aromatic heterocycles. The van der Waals surface area contributed by atoms with Gasteiger partial charge in [-0.15, -0.1) is 0 Å².